The van der Waals surface area contributed by atoms with Gasteiger partial charge in [-0.3, -0.25) is 0 Å². The largest absolute Gasteiger partial charge is 0.492 e. The lowest BCUT2D eigenvalue weighted by atomic mass is 10.0. The number of hydrogen-bond donors (Lipinski definition) is 1. The summed E-state index contributed by atoms with van der Waals surface area (Å²) in [7, 11) is 1.94. The van der Waals surface area contributed by atoms with Crippen molar-refractivity contribution in [2.75, 3.05) is 6.61 Å². The number of hydrogen-bond acceptors (Lipinski definition) is 5. The van der Waals surface area contributed by atoms with E-state index in [1.807, 2.05) is 49.0 Å². The van der Waals surface area contributed by atoms with Crippen LogP contribution in [0.5, 0.6) is 5.75 Å². The molecule has 6 nitrogen and oxygen atoms in total. The van der Waals surface area contributed by atoms with E-state index in [0.29, 0.717) is 23.8 Å². The molecular formula is C20H23N5O. The van der Waals surface area contributed by atoms with Crippen LogP contribution in [0.25, 0.3) is 22.3 Å². The zero-order valence-corrected chi connectivity index (χ0v) is 15.3. The number of aryl methyl sites for hydroxylation is 1. The summed E-state index contributed by atoms with van der Waals surface area (Å²) >= 11 is 0. The maximum Gasteiger partial charge on any atom is 0.143 e. The number of nitrogens with two attached hydrogens (primary N) is 1. The molecule has 134 valence electrons. The molecule has 1 aromatic carbocycles. The van der Waals surface area contributed by atoms with Gasteiger partial charge in [0.15, 0.2) is 0 Å². The average Bonchev–Trinajstić information content (AvgIpc) is 3.00. The lowest BCUT2D eigenvalue weighted by Gasteiger charge is -2.16. The summed E-state index contributed by atoms with van der Waals surface area (Å²) < 4.78 is 7.81. The Kier molecular flexibility index (Phi) is 5.19. The number of benzene rings is 1. The summed E-state index contributed by atoms with van der Waals surface area (Å²) in [6.07, 6.45) is 4.38. The highest BCUT2D eigenvalue weighted by Crippen LogP contribution is 2.30. The fraction of sp³-hybridized carbons (Fsp3) is 0.350. The molecule has 0 fully saturated rings. The highest BCUT2D eigenvalue weighted by atomic mass is 16.5. The predicted octanol–water partition coefficient (Wildman–Crippen LogP) is 3.26. The summed E-state index contributed by atoms with van der Waals surface area (Å²) in [5.41, 5.74) is 8.87. The number of aromatic nitrogens is 3. The molecule has 0 saturated heterocycles. The fourth-order valence-electron chi connectivity index (χ4n) is 3.13. The molecule has 0 radical (unpaired) electrons. The SMILES string of the molecule is CC(N)CC(C)COc1ccc(-c2ncnc3c2ccn3C)cc1C#N. The molecule has 6 heteroatoms. The van der Waals surface area contributed by atoms with Gasteiger partial charge in [0.25, 0.3) is 0 Å². The second-order valence-electron chi connectivity index (χ2n) is 6.84. The first-order valence-electron chi connectivity index (χ1n) is 8.68. The van der Waals surface area contributed by atoms with E-state index in [2.05, 4.69) is 23.0 Å². The number of rotatable bonds is 6. The van der Waals surface area contributed by atoms with Crippen molar-refractivity contribution in [1.82, 2.24) is 14.5 Å². The van der Waals surface area contributed by atoms with Gasteiger partial charge in [-0.25, -0.2) is 9.97 Å². The van der Waals surface area contributed by atoms with E-state index in [0.717, 1.165) is 28.7 Å². The molecule has 0 saturated carbocycles. The van der Waals surface area contributed by atoms with Crippen molar-refractivity contribution in [2.24, 2.45) is 18.7 Å². The van der Waals surface area contributed by atoms with Crippen LogP contribution in [0.2, 0.25) is 0 Å². The van der Waals surface area contributed by atoms with E-state index in [-0.39, 0.29) is 6.04 Å². The van der Waals surface area contributed by atoms with Gasteiger partial charge in [0.1, 0.15) is 23.8 Å². The van der Waals surface area contributed by atoms with Crippen molar-refractivity contribution in [1.29, 1.82) is 5.26 Å². The first-order chi connectivity index (χ1) is 12.5. The normalized spacial score (nSPS) is 13.3. The number of fused-ring (bicyclic) bond motifs is 1. The van der Waals surface area contributed by atoms with E-state index in [1.165, 1.54) is 0 Å². The Bertz CT molecular complexity index is 954. The molecule has 2 N–H and O–H groups in total. The van der Waals surface area contributed by atoms with Gasteiger partial charge >= 0.3 is 0 Å². The first kappa shape index (κ1) is 17.9. The Morgan fingerprint density at radius 2 is 2.08 bits per heavy atom. The average molecular weight is 349 g/mol. The molecule has 0 aliphatic carbocycles. The van der Waals surface area contributed by atoms with Crippen LogP contribution in [0.4, 0.5) is 0 Å². The molecule has 3 aromatic rings. The van der Waals surface area contributed by atoms with Crippen LogP contribution < -0.4 is 10.5 Å². The van der Waals surface area contributed by atoms with Gasteiger partial charge in [-0.05, 0) is 43.5 Å². The molecule has 2 unspecified atom stereocenters. The standard InChI is InChI=1S/C20H23N5O/c1-13(8-14(2)22)11-26-18-5-4-15(9-16(18)10-21)19-17-6-7-25(3)20(17)24-12-23-19/h4-7,9,12-14H,8,11,22H2,1-3H3. The van der Waals surface area contributed by atoms with E-state index >= 15 is 0 Å². The summed E-state index contributed by atoms with van der Waals surface area (Å²) in [6, 6.07) is 9.93. The van der Waals surface area contributed by atoms with E-state index < -0.39 is 0 Å². The van der Waals surface area contributed by atoms with Gasteiger partial charge in [-0.15, -0.1) is 0 Å². The third-order valence-electron chi connectivity index (χ3n) is 4.33. The molecule has 2 heterocycles. The van der Waals surface area contributed by atoms with Crippen LogP contribution in [0.3, 0.4) is 0 Å². The molecule has 3 rings (SSSR count). The third kappa shape index (κ3) is 3.68. The van der Waals surface area contributed by atoms with Crippen LogP contribution in [0.15, 0.2) is 36.8 Å². The quantitative estimate of drug-likeness (QED) is 0.738. The molecule has 0 bridgehead atoms. The van der Waals surface area contributed by atoms with Gasteiger partial charge in [-0.1, -0.05) is 6.92 Å². The van der Waals surface area contributed by atoms with Gasteiger partial charge < -0.3 is 15.0 Å². The van der Waals surface area contributed by atoms with Gasteiger partial charge in [0, 0.05) is 30.2 Å². The van der Waals surface area contributed by atoms with Crippen LogP contribution in [-0.2, 0) is 7.05 Å². The minimum atomic E-state index is 0.137. The smallest absolute Gasteiger partial charge is 0.143 e. The lowest BCUT2D eigenvalue weighted by Crippen LogP contribution is -2.21. The third-order valence-corrected chi connectivity index (χ3v) is 4.33. The van der Waals surface area contributed by atoms with Gasteiger partial charge in [0.2, 0.25) is 0 Å². The first-order valence-corrected chi connectivity index (χ1v) is 8.68. The van der Waals surface area contributed by atoms with Crippen molar-refractivity contribution in [3.8, 4) is 23.1 Å². The van der Waals surface area contributed by atoms with Crippen molar-refractivity contribution >= 4 is 11.0 Å². The summed E-state index contributed by atoms with van der Waals surface area (Å²) in [5, 5.41) is 10.5. The lowest BCUT2D eigenvalue weighted by molar-refractivity contribution is 0.246. The van der Waals surface area contributed by atoms with E-state index in [4.69, 9.17) is 10.5 Å². The monoisotopic (exact) mass is 349 g/mol. The zero-order valence-electron chi connectivity index (χ0n) is 15.3. The molecule has 26 heavy (non-hydrogen) atoms. The second-order valence-corrected chi connectivity index (χ2v) is 6.84. The molecule has 0 spiro atoms. The fourth-order valence-corrected chi connectivity index (χ4v) is 3.13. The second kappa shape index (κ2) is 7.54. The molecule has 2 atom stereocenters. The Labute approximate surface area is 153 Å². The van der Waals surface area contributed by atoms with Crippen molar-refractivity contribution < 1.29 is 4.74 Å². The van der Waals surface area contributed by atoms with Crippen LogP contribution in [0.1, 0.15) is 25.8 Å². The van der Waals surface area contributed by atoms with Gasteiger partial charge in [0.05, 0.1) is 17.9 Å². The molecule has 0 amide bonds. The van der Waals surface area contributed by atoms with Crippen LogP contribution >= 0.6 is 0 Å². The highest BCUT2D eigenvalue weighted by Gasteiger charge is 2.13. The highest BCUT2D eigenvalue weighted by molar-refractivity contribution is 5.91. The minimum Gasteiger partial charge on any atom is -0.492 e. The van der Waals surface area contributed by atoms with E-state index in [1.54, 1.807) is 6.33 Å². The Balaban J connectivity index is 1.88. The zero-order chi connectivity index (χ0) is 18.7. The Morgan fingerprint density at radius 3 is 2.81 bits per heavy atom. The van der Waals surface area contributed by atoms with Crippen LogP contribution in [-0.4, -0.2) is 27.2 Å². The summed E-state index contributed by atoms with van der Waals surface area (Å²) in [4.78, 5) is 8.73. The number of nitrogens with zero attached hydrogens (tertiary/aromatic N) is 4. The maximum absolute atomic E-state index is 9.53. The number of ether oxygens (including phenoxy) is 1. The minimum absolute atomic E-state index is 0.137. The molecule has 2 aromatic heterocycles. The van der Waals surface area contributed by atoms with Crippen molar-refractivity contribution in [3.05, 3.63) is 42.4 Å². The van der Waals surface area contributed by atoms with E-state index in [9.17, 15) is 5.26 Å². The summed E-state index contributed by atoms with van der Waals surface area (Å²) in [5.74, 6) is 0.915. The molecular weight excluding hydrogens is 326 g/mol. The Hall–Kier alpha value is -2.91. The molecule has 0 aliphatic heterocycles. The van der Waals surface area contributed by atoms with Crippen molar-refractivity contribution in [2.45, 2.75) is 26.3 Å². The van der Waals surface area contributed by atoms with Crippen molar-refractivity contribution in [3.63, 3.8) is 0 Å². The predicted molar refractivity (Wildman–Crippen MR) is 102 cm³/mol. The maximum atomic E-state index is 9.53. The summed E-state index contributed by atoms with van der Waals surface area (Å²) in [6.45, 7) is 4.61. The topological polar surface area (TPSA) is 89.8 Å². The molecule has 0 aliphatic rings. The number of nitriles is 1. The van der Waals surface area contributed by atoms with Gasteiger partial charge in [-0.2, -0.15) is 5.26 Å². The Morgan fingerprint density at radius 1 is 1.27 bits per heavy atom. The van der Waals surface area contributed by atoms with Crippen LogP contribution in [0, 0.1) is 17.2 Å².